The third-order valence-corrected chi connectivity index (χ3v) is 3.12. The van der Waals surface area contributed by atoms with Crippen molar-refractivity contribution in [3.8, 4) is 0 Å². The Balaban J connectivity index is 2.47. The Hall–Kier alpha value is -1.14. The van der Waals surface area contributed by atoms with Crippen molar-refractivity contribution in [1.82, 2.24) is 9.88 Å². The number of aromatic nitrogens is 1. The van der Waals surface area contributed by atoms with E-state index < -0.39 is 0 Å². The van der Waals surface area contributed by atoms with Crippen molar-refractivity contribution in [2.24, 2.45) is 5.92 Å². The van der Waals surface area contributed by atoms with Crippen LogP contribution in [0.15, 0.2) is 27.6 Å². The summed E-state index contributed by atoms with van der Waals surface area (Å²) in [6, 6.07) is 3.05. The number of aliphatic hydroxyl groups excluding tert-OH is 1. The molecule has 1 heterocycles. The van der Waals surface area contributed by atoms with Crippen LogP contribution in [0, 0.1) is 5.92 Å². The van der Waals surface area contributed by atoms with Crippen LogP contribution < -0.4 is 10.9 Å². The van der Waals surface area contributed by atoms with Crippen LogP contribution in [0.2, 0.25) is 0 Å². The fourth-order valence-corrected chi connectivity index (χ4v) is 2.17. The number of amides is 1. The molecule has 0 radical (unpaired) electrons. The van der Waals surface area contributed by atoms with Crippen molar-refractivity contribution >= 4 is 21.8 Å². The molecular weight excluding hydrogens is 312 g/mol. The van der Waals surface area contributed by atoms with E-state index >= 15 is 0 Å². The average Bonchev–Trinajstić information content (AvgIpc) is 2.30. The van der Waals surface area contributed by atoms with Gasteiger partial charge in [-0.05, 0) is 41.3 Å². The summed E-state index contributed by atoms with van der Waals surface area (Å²) in [6.07, 6.45) is 1.85. The molecule has 1 aromatic heterocycles. The highest BCUT2D eigenvalue weighted by atomic mass is 79.9. The van der Waals surface area contributed by atoms with Gasteiger partial charge >= 0.3 is 0 Å². The minimum absolute atomic E-state index is 0.000325. The first kappa shape index (κ1) is 15.9. The van der Waals surface area contributed by atoms with Crippen LogP contribution in [0.25, 0.3) is 0 Å². The van der Waals surface area contributed by atoms with Gasteiger partial charge in [0.25, 0.3) is 5.56 Å². The van der Waals surface area contributed by atoms with Gasteiger partial charge in [-0.1, -0.05) is 6.92 Å². The third kappa shape index (κ3) is 6.02. The Kier molecular flexibility index (Phi) is 6.24. The van der Waals surface area contributed by atoms with E-state index in [4.69, 9.17) is 0 Å². The number of carbonyl (C=O) groups excluding carboxylic acids is 1. The van der Waals surface area contributed by atoms with Gasteiger partial charge in [0.1, 0.15) is 6.54 Å². The maximum absolute atomic E-state index is 11.7. The SMILES string of the molecule is CC(O)CC(C)CNC(=O)Cn1cc(Br)ccc1=O. The highest BCUT2D eigenvalue weighted by molar-refractivity contribution is 9.10. The Morgan fingerprint density at radius 3 is 2.79 bits per heavy atom. The number of aliphatic hydroxyl groups is 1. The Morgan fingerprint density at radius 2 is 2.16 bits per heavy atom. The number of carbonyl (C=O) groups is 1. The highest BCUT2D eigenvalue weighted by Crippen LogP contribution is 2.05. The zero-order valence-corrected chi connectivity index (χ0v) is 12.7. The van der Waals surface area contributed by atoms with Crippen LogP contribution in [0.1, 0.15) is 20.3 Å². The smallest absolute Gasteiger partial charge is 0.251 e. The second kappa shape index (κ2) is 7.45. The largest absolute Gasteiger partial charge is 0.393 e. The van der Waals surface area contributed by atoms with E-state index in [0.717, 1.165) is 4.47 Å². The second-order valence-corrected chi connectivity index (χ2v) is 5.72. The lowest BCUT2D eigenvalue weighted by atomic mass is 10.1. The molecular formula is C13H19BrN2O3. The molecule has 0 fully saturated rings. The Morgan fingerprint density at radius 1 is 1.47 bits per heavy atom. The van der Waals surface area contributed by atoms with Gasteiger partial charge < -0.3 is 15.0 Å². The number of hydrogen-bond donors (Lipinski definition) is 2. The molecule has 2 unspecified atom stereocenters. The fraction of sp³-hybridized carbons (Fsp3) is 0.538. The predicted molar refractivity (Wildman–Crippen MR) is 76.9 cm³/mol. The van der Waals surface area contributed by atoms with E-state index in [-0.39, 0.29) is 30.0 Å². The van der Waals surface area contributed by atoms with E-state index in [9.17, 15) is 14.7 Å². The maximum atomic E-state index is 11.7. The summed E-state index contributed by atoms with van der Waals surface area (Å²) >= 11 is 3.26. The molecule has 1 amide bonds. The van der Waals surface area contributed by atoms with Crippen molar-refractivity contribution in [3.05, 3.63) is 33.2 Å². The van der Waals surface area contributed by atoms with Gasteiger partial charge in [0.2, 0.25) is 5.91 Å². The molecule has 1 rings (SSSR count). The summed E-state index contributed by atoms with van der Waals surface area (Å²) < 4.78 is 2.10. The molecule has 0 saturated carbocycles. The number of pyridine rings is 1. The topological polar surface area (TPSA) is 71.3 Å². The number of hydrogen-bond acceptors (Lipinski definition) is 3. The number of rotatable bonds is 6. The molecule has 0 bridgehead atoms. The monoisotopic (exact) mass is 330 g/mol. The van der Waals surface area contributed by atoms with Crippen LogP contribution in [0.3, 0.4) is 0 Å². The molecule has 0 aliphatic rings. The van der Waals surface area contributed by atoms with Crippen molar-refractivity contribution in [2.45, 2.75) is 32.9 Å². The first-order valence-corrected chi connectivity index (χ1v) is 6.98. The van der Waals surface area contributed by atoms with Gasteiger partial charge in [-0.3, -0.25) is 9.59 Å². The number of nitrogens with zero attached hydrogens (tertiary/aromatic N) is 1. The average molecular weight is 331 g/mol. The standard InChI is InChI=1S/C13H19BrN2O3/c1-9(5-10(2)17)6-15-12(18)8-16-7-11(14)3-4-13(16)19/h3-4,7,9-10,17H,5-6,8H2,1-2H3,(H,15,18). The lowest BCUT2D eigenvalue weighted by molar-refractivity contribution is -0.121. The van der Waals surface area contributed by atoms with Crippen LogP contribution in [0.4, 0.5) is 0 Å². The lowest BCUT2D eigenvalue weighted by Gasteiger charge is -2.14. The molecule has 5 nitrogen and oxygen atoms in total. The van der Waals surface area contributed by atoms with Gasteiger partial charge in [-0.2, -0.15) is 0 Å². The molecule has 106 valence electrons. The van der Waals surface area contributed by atoms with Crippen LogP contribution in [0.5, 0.6) is 0 Å². The normalized spacial score (nSPS) is 13.9. The summed E-state index contributed by atoms with van der Waals surface area (Å²) in [6.45, 7) is 4.17. The van der Waals surface area contributed by atoms with Crippen LogP contribution in [-0.4, -0.2) is 28.2 Å². The van der Waals surface area contributed by atoms with E-state index in [1.54, 1.807) is 19.2 Å². The molecule has 1 aromatic rings. The van der Waals surface area contributed by atoms with Crippen molar-refractivity contribution in [2.75, 3.05) is 6.54 Å². The highest BCUT2D eigenvalue weighted by Gasteiger charge is 2.09. The molecule has 19 heavy (non-hydrogen) atoms. The Labute approximate surface area is 120 Å². The molecule has 0 spiro atoms. The second-order valence-electron chi connectivity index (χ2n) is 4.81. The van der Waals surface area contributed by atoms with Gasteiger partial charge in [-0.15, -0.1) is 0 Å². The molecule has 2 atom stereocenters. The number of nitrogens with one attached hydrogen (secondary N) is 1. The van der Waals surface area contributed by atoms with Crippen LogP contribution in [-0.2, 0) is 11.3 Å². The van der Waals surface area contributed by atoms with Crippen molar-refractivity contribution < 1.29 is 9.90 Å². The zero-order valence-electron chi connectivity index (χ0n) is 11.1. The predicted octanol–water partition coefficient (Wildman–Crippen LogP) is 1.13. The summed E-state index contributed by atoms with van der Waals surface area (Å²) in [5, 5.41) is 12.0. The van der Waals surface area contributed by atoms with E-state index in [1.807, 2.05) is 6.92 Å². The molecule has 0 aromatic carbocycles. The summed E-state index contributed by atoms with van der Waals surface area (Å²) in [5.41, 5.74) is -0.213. The van der Waals surface area contributed by atoms with Gasteiger partial charge in [0, 0.05) is 23.3 Å². The molecule has 0 aliphatic carbocycles. The maximum Gasteiger partial charge on any atom is 0.251 e. The minimum atomic E-state index is -0.375. The van der Waals surface area contributed by atoms with Gasteiger partial charge in [0.15, 0.2) is 0 Å². The molecule has 0 aliphatic heterocycles. The van der Waals surface area contributed by atoms with Crippen LogP contribution >= 0.6 is 15.9 Å². The van der Waals surface area contributed by atoms with Crippen molar-refractivity contribution in [1.29, 1.82) is 0 Å². The van der Waals surface area contributed by atoms with E-state index in [0.29, 0.717) is 13.0 Å². The van der Waals surface area contributed by atoms with E-state index in [1.165, 1.54) is 10.6 Å². The first-order chi connectivity index (χ1) is 8.88. The van der Waals surface area contributed by atoms with E-state index in [2.05, 4.69) is 21.2 Å². The summed E-state index contributed by atoms with van der Waals surface area (Å²) in [4.78, 5) is 23.2. The van der Waals surface area contributed by atoms with Crippen molar-refractivity contribution in [3.63, 3.8) is 0 Å². The molecule has 0 saturated heterocycles. The Bertz CT molecular complexity index is 485. The first-order valence-electron chi connectivity index (χ1n) is 6.19. The summed E-state index contributed by atoms with van der Waals surface area (Å²) in [5.74, 6) is -0.0131. The van der Waals surface area contributed by atoms with Gasteiger partial charge in [-0.25, -0.2) is 0 Å². The summed E-state index contributed by atoms with van der Waals surface area (Å²) in [7, 11) is 0. The molecule has 6 heteroatoms. The minimum Gasteiger partial charge on any atom is -0.393 e. The fourth-order valence-electron chi connectivity index (χ4n) is 1.79. The third-order valence-electron chi connectivity index (χ3n) is 2.65. The lowest BCUT2D eigenvalue weighted by Crippen LogP contribution is -2.34. The number of halogens is 1. The zero-order chi connectivity index (χ0) is 14.4. The molecule has 2 N–H and O–H groups in total. The quantitative estimate of drug-likeness (QED) is 0.821. The van der Waals surface area contributed by atoms with Gasteiger partial charge in [0.05, 0.1) is 6.10 Å².